The summed E-state index contributed by atoms with van der Waals surface area (Å²) in [6.45, 7) is 2.74. The van der Waals surface area contributed by atoms with Crippen LogP contribution in [0.4, 0.5) is 13.2 Å². The number of rotatable bonds is 8. The average molecular weight is 527 g/mol. The number of nitrogens with one attached hydrogen (secondary N) is 1. The number of ketones is 2. The first-order chi connectivity index (χ1) is 18.1. The van der Waals surface area contributed by atoms with Gasteiger partial charge in [-0.2, -0.15) is 0 Å². The molecule has 3 N–H and O–H groups in total. The Morgan fingerprint density at radius 3 is 1.87 bits per heavy atom. The molecule has 0 radical (unpaired) electrons. The number of hydrogen-bond donors (Lipinski definition) is 3. The highest BCUT2D eigenvalue weighted by Gasteiger charge is 2.46. The van der Waals surface area contributed by atoms with Crippen molar-refractivity contribution in [3.63, 3.8) is 0 Å². The number of piperidine rings is 1. The van der Waals surface area contributed by atoms with Crippen LogP contribution in [0.1, 0.15) is 37.8 Å². The number of hydrogen-bond acceptors (Lipinski definition) is 6. The summed E-state index contributed by atoms with van der Waals surface area (Å²) in [5.74, 6) is -8.37. The predicted octanol–water partition coefficient (Wildman–Crippen LogP) is 4.44. The summed E-state index contributed by atoms with van der Waals surface area (Å²) in [5, 5.41) is 22.8. The van der Waals surface area contributed by atoms with Crippen LogP contribution in [0.15, 0.2) is 54.6 Å². The predicted molar refractivity (Wildman–Crippen MR) is 136 cm³/mol. The van der Waals surface area contributed by atoms with E-state index < -0.39 is 58.3 Å². The summed E-state index contributed by atoms with van der Waals surface area (Å²) >= 11 is 0. The minimum atomic E-state index is -1.08. The molecule has 0 aromatic heterocycles. The van der Waals surface area contributed by atoms with Gasteiger partial charge in [-0.05, 0) is 55.4 Å². The van der Waals surface area contributed by atoms with Crippen LogP contribution >= 0.6 is 0 Å². The van der Waals surface area contributed by atoms with Crippen molar-refractivity contribution in [2.45, 2.75) is 12.8 Å². The molecule has 1 heterocycles. The van der Waals surface area contributed by atoms with Gasteiger partial charge in [0.05, 0.1) is 11.1 Å². The van der Waals surface area contributed by atoms with Crippen molar-refractivity contribution in [3.8, 4) is 11.5 Å². The number of carbonyl (C=O) groups excluding carboxylic acids is 2. The smallest absolute Gasteiger partial charge is 0.175 e. The Morgan fingerprint density at radius 1 is 0.868 bits per heavy atom. The molecule has 3 aromatic carbocycles. The van der Waals surface area contributed by atoms with Gasteiger partial charge < -0.3 is 20.4 Å². The number of halogens is 3. The largest absolute Gasteiger partial charge is 0.505 e. The van der Waals surface area contributed by atoms with E-state index in [1.807, 2.05) is 4.90 Å². The lowest BCUT2D eigenvalue weighted by Crippen LogP contribution is -2.52. The highest BCUT2D eigenvalue weighted by Crippen LogP contribution is 2.43. The normalized spacial score (nSPS) is 18.4. The first-order valence-corrected chi connectivity index (χ1v) is 12.3. The fraction of sp³-hybridized carbons (Fsp3) is 0.310. The van der Waals surface area contributed by atoms with Gasteiger partial charge in [0, 0.05) is 43.9 Å². The molecule has 0 aliphatic carbocycles. The molecule has 0 spiro atoms. The maximum Gasteiger partial charge on any atom is 0.175 e. The first-order valence-electron chi connectivity index (χ1n) is 12.3. The molecular formula is C29H29F3N2O4. The van der Waals surface area contributed by atoms with Crippen molar-refractivity contribution >= 4 is 11.6 Å². The number of nitrogens with zero attached hydrogens (tertiary/aromatic N) is 1. The molecule has 1 saturated heterocycles. The summed E-state index contributed by atoms with van der Waals surface area (Å²) in [6.07, 6.45) is 0. The second-order valence-corrected chi connectivity index (χ2v) is 9.56. The van der Waals surface area contributed by atoms with E-state index in [0.29, 0.717) is 18.7 Å². The molecule has 6 nitrogen and oxygen atoms in total. The van der Waals surface area contributed by atoms with E-state index in [1.54, 1.807) is 13.1 Å². The lowest BCUT2D eigenvalue weighted by atomic mass is 9.67. The molecular weight excluding hydrogens is 497 g/mol. The number of Topliss-reactive ketones (excluding diaryl/α,β-unsaturated/α-hetero) is 2. The molecule has 4 rings (SSSR count). The summed E-state index contributed by atoms with van der Waals surface area (Å²) in [4.78, 5) is 29.6. The van der Waals surface area contributed by atoms with Crippen molar-refractivity contribution in [2.24, 2.45) is 11.8 Å². The first kappa shape index (κ1) is 27.3. The van der Waals surface area contributed by atoms with Gasteiger partial charge in [-0.25, -0.2) is 13.2 Å². The quantitative estimate of drug-likeness (QED) is 0.376. The summed E-state index contributed by atoms with van der Waals surface area (Å²) < 4.78 is 44.5. The van der Waals surface area contributed by atoms with Gasteiger partial charge in [0.25, 0.3) is 0 Å². The molecule has 2 atom stereocenters. The van der Waals surface area contributed by atoms with Gasteiger partial charge >= 0.3 is 0 Å². The standard InChI is InChI=1S/C29H29F3N2O4/c1-16-17(6-3-9-22(16)30)25-20(28(37)18-7-4-10-23(35)26(18)31)14-34(13-12-33-2)15-21(25)29(38)19-8-5-11-24(36)27(19)32/h3-11,20-21,25,33,35-36H,12-15H2,1-2H3/t20-,21-/m0/s1. The van der Waals surface area contributed by atoms with Crippen LogP contribution in [0.2, 0.25) is 0 Å². The van der Waals surface area contributed by atoms with Crippen LogP contribution in [0, 0.1) is 36.2 Å². The van der Waals surface area contributed by atoms with Crippen molar-refractivity contribution in [1.82, 2.24) is 10.2 Å². The van der Waals surface area contributed by atoms with Crippen molar-refractivity contribution in [2.75, 3.05) is 33.2 Å². The van der Waals surface area contributed by atoms with Gasteiger partial charge in [-0.3, -0.25) is 9.59 Å². The second-order valence-electron chi connectivity index (χ2n) is 9.56. The van der Waals surface area contributed by atoms with Crippen molar-refractivity contribution in [3.05, 3.63) is 94.3 Å². The van der Waals surface area contributed by atoms with E-state index >= 15 is 0 Å². The molecule has 1 aliphatic rings. The van der Waals surface area contributed by atoms with Crippen LogP contribution in [0.3, 0.4) is 0 Å². The maximum absolute atomic E-state index is 14.9. The number of carbonyl (C=O) groups is 2. The monoisotopic (exact) mass is 526 g/mol. The molecule has 0 bridgehead atoms. The lowest BCUT2D eigenvalue weighted by molar-refractivity contribution is 0.0570. The van der Waals surface area contributed by atoms with Crippen molar-refractivity contribution in [1.29, 1.82) is 0 Å². The number of phenols is 2. The van der Waals surface area contributed by atoms with E-state index in [1.165, 1.54) is 43.3 Å². The minimum Gasteiger partial charge on any atom is -0.505 e. The Balaban J connectivity index is 1.90. The lowest BCUT2D eigenvalue weighted by Gasteiger charge is -2.43. The zero-order chi connectivity index (χ0) is 27.6. The zero-order valence-electron chi connectivity index (χ0n) is 21.0. The Hall–Kier alpha value is -3.69. The van der Waals surface area contributed by atoms with Crippen LogP contribution in [0.5, 0.6) is 11.5 Å². The second kappa shape index (κ2) is 11.4. The van der Waals surface area contributed by atoms with Gasteiger partial charge in [0.1, 0.15) is 5.82 Å². The fourth-order valence-corrected chi connectivity index (χ4v) is 5.32. The number of aromatic hydroxyl groups is 2. The molecule has 0 saturated carbocycles. The maximum atomic E-state index is 14.9. The molecule has 1 fully saturated rings. The van der Waals surface area contributed by atoms with Gasteiger partial charge in [0.15, 0.2) is 34.7 Å². The molecule has 9 heteroatoms. The van der Waals surface area contributed by atoms with Crippen molar-refractivity contribution < 1.29 is 33.0 Å². The highest BCUT2D eigenvalue weighted by atomic mass is 19.1. The minimum absolute atomic E-state index is 0.128. The molecule has 200 valence electrons. The number of benzene rings is 3. The van der Waals surface area contributed by atoms with E-state index in [4.69, 9.17) is 0 Å². The third-order valence-corrected chi connectivity index (χ3v) is 7.28. The van der Waals surface area contributed by atoms with Gasteiger partial charge in [-0.15, -0.1) is 0 Å². The van der Waals surface area contributed by atoms with Crippen LogP contribution in [0.25, 0.3) is 0 Å². The Labute approximate surface area is 218 Å². The van der Waals surface area contributed by atoms with Crippen LogP contribution < -0.4 is 5.32 Å². The molecule has 0 unspecified atom stereocenters. The third kappa shape index (κ3) is 5.16. The number of likely N-dealkylation sites (tertiary alicyclic amines) is 1. The topological polar surface area (TPSA) is 89.9 Å². The molecule has 38 heavy (non-hydrogen) atoms. The Kier molecular flexibility index (Phi) is 8.18. The highest BCUT2D eigenvalue weighted by molar-refractivity contribution is 6.02. The number of likely N-dealkylation sites (N-methyl/N-ethyl adjacent to an activating group) is 1. The van der Waals surface area contributed by atoms with Gasteiger partial charge in [0.2, 0.25) is 0 Å². The average Bonchev–Trinajstić information content (AvgIpc) is 2.91. The van der Waals surface area contributed by atoms with E-state index in [-0.39, 0.29) is 29.8 Å². The third-order valence-electron chi connectivity index (χ3n) is 7.28. The summed E-state index contributed by atoms with van der Waals surface area (Å²) in [7, 11) is 1.75. The summed E-state index contributed by atoms with van der Waals surface area (Å²) in [5.41, 5.74) is -0.0841. The van der Waals surface area contributed by atoms with E-state index in [0.717, 1.165) is 12.1 Å². The fourth-order valence-electron chi connectivity index (χ4n) is 5.32. The SMILES string of the molecule is CNCCN1C[C@H](C(=O)c2cccc(O)c2F)C(c2cccc(F)c2C)[C@@H](C(=O)c2cccc(O)c2F)C1. The molecule has 0 amide bonds. The van der Waals surface area contributed by atoms with E-state index in [9.17, 15) is 33.0 Å². The molecule has 1 aliphatic heterocycles. The number of phenolic OH excluding ortho intramolecular Hbond substituents is 2. The van der Waals surface area contributed by atoms with Crippen LogP contribution in [-0.4, -0.2) is 59.9 Å². The Morgan fingerprint density at radius 2 is 1.37 bits per heavy atom. The van der Waals surface area contributed by atoms with Gasteiger partial charge in [-0.1, -0.05) is 24.3 Å². The Bertz CT molecular complexity index is 1290. The van der Waals surface area contributed by atoms with E-state index in [2.05, 4.69) is 5.32 Å². The molecule has 3 aromatic rings. The zero-order valence-corrected chi connectivity index (χ0v) is 21.0. The van der Waals surface area contributed by atoms with Crippen LogP contribution in [-0.2, 0) is 0 Å². The summed E-state index contributed by atoms with van der Waals surface area (Å²) in [6, 6.07) is 11.8.